The molecule has 0 bridgehead atoms. The van der Waals surface area contributed by atoms with Crippen LogP contribution in [-0.4, -0.2) is 87.7 Å². The molecule has 0 spiro atoms. The quantitative estimate of drug-likeness (QED) is 0.171. The molecular formula is C25H40N2O8. The van der Waals surface area contributed by atoms with Gasteiger partial charge in [-0.15, -0.1) is 0 Å². The second kappa shape index (κ2) is 21.9. The van der Waals surface area contributed by atoms with E-state index in [1.165, 1.54) is 0 Å². The third kappa shape index (κ3) is 17.5. The third-order valence-corrected chi connectivity index (χ3v) is 4.21. The van der Waals surface area contributed by atoms with Crippen molar-refractivity contribution in [2.75, 3.05) is 98.8 Å². The molecule has 0 aliphatic carbocycles. The standard InChI is InChI=1S/C13H21NO4.C12H19NO4/c1-14-12-3-5-13(6-4-12)18-10-9-17-11-16-8-7-15-2;1-14-6-7-15-10-16-8-9-17-12-4-2-11(13)3-5-12/h3-6,14H,7-11H2,1-2H3;2-5H,6-10,13H2,1H3. The Morgan fingerprint density at radius 2 is 0.971 bits per heavy atom. The lowest BCUT2D eigenvalue weighted by Crippen LogP contribution is -2.11. The summed E-state index contributed by atoms with van der Waals surface area (Å²) in [6.07, 6.45) is 0. The van der Waals surface area contributed by atoms with Crippen LogP contribution in [-0.2, 0) is 28.4 Å². The minimum absolute atomic E-state index is 0.258. The zero-order chi connectivity index (χ0) is 25.4. The van der Waals surface area contributed by atoms with Gasteiger partial charge in [0.15, 0.2) is 0 Å². The van der Waals surface area contributed by atoms with Gasteiger partial charge in [-0.3, -0.25) is 0 Å². The summed E-state index contributed by atoms with van der Waals surface area (Å²) < 4.78 is 41.3. The van der Waals surface area contributed by atoms with Gasteiger partial charge in [-0.25, -0.2) is 0 Å². The lowest BCUT2D eigenvalue weighted by atomic mass is 10.3. The van der Waals surface area contributed by atoms with E-state index in [2.05, 4.69) is 5.32 Å². The number of ether oxygens (including phenoxy) is 8. The van der Waals surface area contributed by atoms with Crippen LogP contribution in [0.5, 0.6) is 11.5 Å². The Morgan fingerprint density at radius 1 is 0.571 bits per heavy atom. The average Bonchev–Trinajstić information content (AvgIpc) is 2.89. The highest BCUT2D eigenvalue weighted by atomic mass is 16.7. The van der Waals surface area contributed by atoms with E-state index in [0.717, 1.165) is 22.9 Å². The summed E-state index contributed by atoms with van der Waals surface area (Å²) in [7, 11) is 5.15. The maximum atomic E-state index is 5.55. The summed E-state index contributed by atoms with van der Waals surface area (Å²) in [6, 6.07) is 15.0. The van der Waals surface area contributed by atoms with Crippen LogP contribution in [0.4, 0.5) is 11.4 Å². The Kier molecular flexibility index (Phi) is 19.0. The van der Waals surface area contributed by atoms with Crippen molar-refractivity contribution < 1.29 is 37.9 Å². The summed E-state index contributed by atoms with van der Waals surface area (Å²) in [5.74, 6) is 1.61. The van der Waals surface area contributed by atoms with E-state index in [4.69, 9.17) is 43.6 Å². The van der Waals surface area contributed by atoms with E-state index in [-0.39, 0.29) is 13.6 Å². The van der Waals surface area contributed by atoms with Crippen molar-refractivity contribution >= 4 is 11.4 Å². The van der Waals surface area contributed by atoms with Crippen molar-refractivity contribution in [2.24, 2.45) is 0 Å². The van der Waals surface area contributed by atoms with E-state index < -0.39 is 0 Å². The molecule has 2 rings (SSSR count). The molecule has 0 unspecified atom stereocenters. The van der Waals surface area contributed by atoms with Crippen LogP contribution in [0.15, 0.2) is 48.5 Å². The first-order valence-corrected chi connectivity index (χ1v) is 11.4. The van der Waals surface area contributed by atoms with Crippen LogP contribution in [0.1, 0.15) is 0 Å². The topological polar surface area (TPSA) is 112 Å². The summed E-state index contributed by atoms with van der Waals surface area (Å²) >= 11 is 0. The van der Waals surface area contributed by atoms with Gasteiger partial charge in [0.2, 0.25) is 0 Å². The smallest absolute Gasteiger partial charge is 0.146 e. The molecule has 0 saturated heterocycles. The summed E-state index contributed by atoms with van der Waals surface area (Å²) in [5, 5.41) is 3.05. The van der Waals surface area contributed by atoms with Gasteiger partial charge in [-0.2, -0.15) is 0 Å². The Labute approximate surface area is 208 Å². The number of rotatable bonds is 19. The number of benzene rings is 2. The van der Waals surface area contributed by atoms with E-state index in [1.807, 2.05) is 43.4 Å². The van der Waals surface area contributed by atoms with E-state index in [0.29, 0.717) is 52.9 Å². The fourth-order valence-electron chi connectivity index (χ4n) is 2.36. The van der Waals surface area contributed by atoms with E-state index in [1.54, 1.807) is 26.4 Å². The SMILES string of the molecule is CNc1ccc(OCCOCOCCOC)cc1.COCCOCOCCOc1ccc(N)cc1. The second-order valence-corrected chi connectivity index (χ2v) is 6.89. The minimum Gasteiger partial charge on any atom is -0.491 e. The maximum Gasteiger partial charge on any atom is 0.146 e. The minimum atomic E-state index is 0.258. The Balaban J connectivity index is 0.000000351. The molecule has 0 radical (unpaired) electrons. The molecule has 0 atom stereocenters. The van der Waals surface area contributed by atoms with Crippen LogP contribution in [0, 0.1) is 0 Å². The predicted molar refractivity (Wildman–Crippen MR) is 135 cm³/mol. The number of nitrogens with one attached hydrogen (secondary N) is 1. The molecule has 0 aliphatic rings. The van der Waals surface area contributed by atoms with Crippen LogP contribution in [0.2, 0.25) is 0 Å². The molecule has 0 amide bonds. The lowest BCUT2D eigenvalue weighted by Gasteiger charge is -2.08. The number of anilines is 2. The Bertz CT molecular complexity index is 716. The van der Waals surface area contributed by atoms with Crippen molar-refractivity contribution in [3.63, 3.8) is 0 Å². The molecule has 0 saturated carbocycles. The van der Waals surface area contributed by atoms with Crippen molar-refractivity contribution in [3.05, 3.63) is 48.5 Å². The highest BCUT2D eigenvalue weighted by Crippen LogP contribution is 2.15. The summed E-state index contributed by atoms with van der Waals surface area (Å²) in [6.45, 7) is 4.74. The molecule has 35 heavy (non-hydrogen) atoms. The van der Waals surface area contributed by atoms with Gasteiger partial charge >= 0.3 is 0 Å². The van der Waals surface area contributed by atoms with Crippen molar-refractivity contribution in [2.45, 2.75) is 0 Å². The summed E-state index contributed by atoms with van der Waals surface area (Å²) in [4.78, 5) is 0. The van der Waals surface area contributed by atoms with Crippen molar-refractivity contribution in [3.8, 4) is 11.5 Å². The average molecular weight is 497 g/mol. The van der Waals surface area contributed by atoms with Gasteiger partial charge in [0.1, 0.15) is 38.3 Å². The zero-order valence-electron chi connectivity index (χ0n) is 21.0. The van der Waals surface area contributed by atoms with E-state index in [9.17, 15) is 0 Å². The number of hydrogen-bond donors (Lipinski definition) is 2. The van der Waals surface area contributed by atoms with Crippen LogP contribution in [0.3, 0.4) is 0 Å². The number of hydrogen-bond acceptors (Lipinski definition) is 10. The maximum absolute atomic E-state index is 5.55. The zero-order valence-corrected chi connectivity index (χ0v) is 21.0. The van der Waals surface area contributed by atoms with Gasteiger partial charge in [0.05, 0.1) is 39.6 Å². The first-order chi connectivity index (χ1) is 17.2. The fourth-order valence-corrected chi connectivity index (χ4v) is 2.36. The summed E-state index contributed by atoms with van der Waals surface area (Å²) in [5.41, 5.74) is 7.34. The first kappa shape index (κ1) is 30.4. The molecule has 198 valence electrons. The molecule has 0 heterocycles. The van der Waals surface area contributed by atoms with Gasteiger partial charge in [-0.05, 0) is 48.5 Å². The van der Waals surface area contributed by atoms with E-state index >= 15 is 0 Å². The first-order valence-electron chi connectivity index (χ1n) is 11.4. The van der Waals surface area contributed by atoms with Crippen molar-refractivity contribution in [1.29, 1.82) is 0 Å². The Morgan fingerprint density at radius 3 is 1.37 bits per heavy atom. The molecule has 0 fully saturated rings. The molecule has 0 aliphatic heterocycles. The van der Waals surface area contributed by atoms with Crippen molar-refractivity contribution in [1.82, 2.24) is 0 Å². The molecule has 10 heteroatoms. The monoisotopic (exact) mass is 496 g/mol. The molecular weight excluding hydrogens is 456 g/mol. The number of methoxy groups -OCH3 is 2. The largest absolute Gasteiger partial charge is 0.491 e. The lowest BCUT2D eigenvalue weighted by molar-refractivity contribution is -0.0711. The molecule has 0 aromatic heterocycles. The highest BCUT2D eigenvalue weighted by molar-refractivity contribution is 5.45. The van der Waals surface area contributed by atoms with Gasteiger partial charge in [0, 0.05) is 32.6 Å². The normalized spacial score (nSPS) is 10.4. The molecule has 2 aromatic rings. The molecule has 10 nitrogen and oxygen atoms in total. The van der Waals surface area contributed by atoms with Crippen LogP contribution < -0.4 is 20.5 Å². The second-order valence-electron chi connectivity index (χ2n) is 6.89. The third-order valence-electron chi connectivity index (χ3n) is 4.21. The Hall–Kier alpha value is -2.60. The number of nitrogen functional groups attached to an aromatic ring is 1. The van der Waals surface area contributed by atoms with Crippen LogP contribution in [0.25, 0.3) is 0 Å². The van der Waals surface area contributed by atoms with Gasteiger partial charge in [0.25, 0.3) is 0 Å². The predicted octanol–water partition coefficient (Wildman–Crippen LogP) is 3.03. The number of nitrogens with two attached hydrogens (primary N) is 1. The highest BCUT2D eigenvalue weighted by Gasteiger charge is 1.95. The van der Waals surface area contributed by atoms with Gasteiger partial charge in [-0.1, -0.05) is 0 Å². The molecule has 2 aromatic carbocycles. The molecule has 3 N–H and O–H groups in total. The van der Waals surface area contributed by atoms with Crippen LogP contribution >= 0.6 is 0 Å². The fraction of sp³-hybridized carbons (Fsp3) is 0.520. The van der Waals surface area contributed by atoms with Gasteiger partial charge < -0.3 is 48.9 Å².